The number of H-pyrrole nitrogens is 3. The second-order valence-corrected chi connectivity index (χ2v) is 6.93. The fourth-order valence-corrected chi connectivity index (χ4v) is 3.40. The van der Waals surface area contributed by atoms with E-state index in [-0.39, 0.29) is 24.2 Å². The van der Waals surface area contributed by atoms with Crippen molar-refractivity contribution in [3.8, 4) is 5.75 Å². The first kappa shape index (κ1) is 20.4. The van der Waals surface area contributed by atoms with E-state index in [0.29, 0.717) is 17.0 Å². The van der Waals surface area contributed by atoms with Gasteiger partial charge in [-0.3, -0.25) is 14.3 Å². The van der Waals surface area contributed by atoms with Crippen LogP contribution >= 0.6 is 0 Å². The molecule has 4 rings (SSSR count). The lowest BCUT2D eigenvalue weighted by Gasteiger charge is -2.09. The number of pyridine rings is 1. The van der Waals surface area contributed by atoms with Gasteiger partial charge in [-0.15, -0.1) is 13.2 Å². The molecule has 0 fully saturated rings. The van der Waals surface area contributed by atoms with E-state index in [0.717, 1.165) is 5.69 Å². The highest BCUT2D eigenvalue weighted by Gasteiger charge is 2.31. The molecule has 3 aromatic heterocycles. The molecule has 0 aliphatic carbocycles. The lowest BCUT2D eigenvalue weighted by Crippen LogP contribution is -2.44. The van der Waals surface area contributed by atoms with Crippen molar-refractivity contribution in [1.82, 2.24) is 14.5 Å². The Morgan fingerprint density at radius 2 is 1.94 bits per heavy atom. The smallest absolute Gasteiger partial charge is 0.406 e. The first-order valence-electron chi connectivity index (χ1n) is 9.25. The van der Waals surface area contributed by atoms with Gasteiger partial charge in [0.25, 0.3) is 17.0 Å². The Labute approximate surface area is 172 Å². The van der Waals surface area contributed by atoms with Gasteiger partial charge in [0, 0.05) is 19.2 Å². The maximum Gasteiger partial charge on any atom is 0.573 e. The topological polar surface area (TPSA) is 97.9 Å². The number of aromatic nitrogens is 5. The summed E-state index contributed by atoms with van der Waals surface area (Å²) >= 11 is 0. The van der Waals surface area contributed by atoms with Crippen molar-refractivity contribution in [2.75, 3.05) is 0 Å². The average Bonchev–Trinajstić information content (AvgIpc) is 3.04. The number of aromatic amines is 3. The number of fused-ring (bicyclic) bond motifs is 1. The van der Waals surface area contributed by atoms with E-state index >= 15 is 0 Å². The first-order valence-corrected chi connectivity index (χ1v) is 9.25. The minimum absolute atomic E-state index is 0.171. The standard InChI is InChI=1S/C20H16F3N5O3/c1-27-17-16(18(29)26-19(27)30)28(11-13-6-2-3-8-24-13)15(25-17)10-12-5-4-7-14(9-12)31-20(21,22)23/h2-9H,10-11H2,1H3,(H,26,29,30)/p+2. The summed E-state index contributed by atoms with van der Waals surface area (Å²) in [5, 5.41) is 0. The summed E-state index contributed by atoms with van der Waals surface area (Å²) in [6, 6.07) is 11.1. The monoisotopic (exact) mass is 433 g/mol. The van der Waals surface area contributed by atoms with Crippen molar-refractivity contribution in [3.63, 3.8) is 0 Å². The third-order valence-corrected chi connectivity index (χ3v) is 4.76. The van der Waals surface area contributed by atoms with Crippen molar-refractivity contribution in [1.29, 1.82) is 0 Å². The van der Waals surface area contributed by atoms with E-state index < -0.39 is 17.6 Å². The molecule has 0 radical (unpaired) electrons. The van der Waals surface area contributed by atoms with Gasteiger partial charge >= 0.3 is 17.6 Å². The van der Waals surface area contributed by atoms with Crippen LogP contribution in [0.3, 0.4) is 0 Å². The zero-order chi connectivity index (χ0) is 22.2. The zero-order valence-corrected chi connectivity index (χ0v) is 16.3. The van der Waals surface area contributed by atoms with Crippen LogP contribution in [0.25, 0.3) is 11.2 Å². The zero-order valence-electron chi connectivity index (χ0n) is 16.3. The van der Waals surface area contributed by atoms with E-state index in [1.54, 1.807) is 16.8 Å². The number of hydrogen-bond acceptors (Lipinski definition) is 3. The number of imidazole rings is 1. The fourth-order valence-electron chi connectivity index (χ4n) is 3.40. The number of rotatable bonds is 5. The lowest BCUT2D eigenvalue weighted by molar-refractivity contribution is -0.681. The third-order valence-electron chi connectivity index (χ3n) is 4.76. The second kappa shape index (κ2) is 7.74. The van der Waals surface area contributed by atoms with Crippen LogP contribution in [0.2, 0.25) is 0 Å². The Morgan fingerprint density at radius 3 is 2.65 bits per heavy atom. The quantitative estimate of drug-likeness (QED) is 0.463. The largest absolute Gasteiger partial charge is 0.573 e. The van der Waals surface area contributed by atoms with Crippen LogP contribution in [0.4, 0.5) is 13.2 Å². The van der Waals surface area contributed by atoms with Crippen LogP contribution in [0.1, 0.15) is 17.1 Å². The number of ether oxygens (including phenoxy) is 1. The number of aryl methyl sites for hydroxylation is 1. The van der Waals surface area contributed by atoms with Gasteiger partial charge in [0.2, 0.25) is 5.69 Å². The number of nitrogens with zero attached hydrogens (tertiary/aromatic N) is 2. The molecule has 8 nitrogen and oxygen atoms in total. The predicted molar refractivity (Wildman–Crippen MR) is 102 cm³/mol. The summed E-state index contributed by atoms with van der Waals surface area (Å²) in [6.45, 7) is 0.274. The summed E-state index contributed by atoms with van der Waals surface area (Å²) < 4.78 is 44.7. The van der Waals surface area contributed by atoms with Crippen LogP contribution in [0.15, 0.2) is 58.3 Å². The number of halogens is 3. The van der Waals surface area contributed by atoms with Crippen LogP contribution in [-0.4, -0.2) is 20.9 Å². The van der Waals surface area contributed by atoms with Crippen molar-refractivity contribution in [2.24, 2.45) is 7.05 Å². The first-order chi connectivity index (χ1) is 14.7. The molecule has 0 aliphatic heterocycles. The van der Waals surface area contributed by atoms with Crippen LogP contribution in [0.5, 0.6) is 5.75 Å². The molecule has 4 aromatic rings. The summed E-state index contributed by atoms with van der Waals surface area (Å²) in [5.74, 6) is 0.192. The van der Waals surface area contributed by atoms with Gasteiger partial charge in [-0.2, -0.15) is 0 Å². The van der Waals surface area contributed by atoms with Gasteiger partial charge in [0.15, 0.2) is 12.7 Å². The van der Waals surface area contributed by atoms with E-state index in [9.17, 15) is 22.8 Å². The maximum absolute atomic E-state index is 12.6. The molecule has 0 aliphatic rings. The van der Waals surface area contributed by atoms with Crippen molar-refractivity contribution >= 4 is 11.2 Å². The summed E-state index contributed by atoms with van der Waals surface area (Å²) in [5.41, 5.74) is 0.729. The van der Waals surface area contributed by atoms with Crippen molar-refractivity contribution < 1.29 is 27.5 Å². The molecule has 3 N–H and O–H groups in total. The van der Waals surface area contributed by atoms with Gasteiger partial charge in [-0.1, -0.05) is 12.1 Å². The maximum atomic E-state index is 12.6. The fraction of sp³-hybridized carbons (Fsp3) is 0.200. The predicted octanol–water partition coefficient (Wildman–Crippen LogP) is 1.19. The summed E-state index contributed by atoms with van der Waals surface area (Å²) in [6.07, 6.45) is -2.89. The molecule has 160 valence electrons. The van der Waals surface area contributed by atoms with Gasteiger partial charge in [-0.05, 0) is 23.8 Å². The molecule has 0 saturated heterocycles. The van der Waals surface area contributed by atoms with Crippen LogP contribution in [0, 0.1) is 0 Å². The molecule has 3 heterocycles. The molecule has 0 unspecified atom stereocenters. The number of alkyl halides is 3. The van der Waals surface area contributed by atoms with Gasteiger partial charge < -0.3 is 4.74 Å². The van der Waals surface area contributed by atoms with E-state index in [4.69, 9.17) is 0 Å². The lowest BCUT2D eigenvalue weighted by atomic mass is 10.1. The van der Waals surface area contributed by atoms with Crippen LogP contribution in [-0.2, 0) is 20.0 Å². The van der Waals surface area contributed by atoms with Crippen molar-refractivity contribution in [3.05, 3.63) is 86.6 Å². The summed E-state index contributed by atoms with van der Waals surface area (Å²) in [7, 11) is 1.51. The molecular weight excluding hydrogens is 415 g/mol. The van der Waals surface area contributed by atoms with Gasteiger partial charge in [-0.25, -0.2) is 19.3 Å². The van der Waals surface area contributed by atoms with E-state index in [2.05, 4.69) is 19.7 Å². The molecule has 31 heavy (non-hydrogen) atoms. The SMILES string of the molecule is Cn1c(=O)[nH]c(=O)c2c1[nH]c(Cc1cccc(OC(F)(F)F)c1)[n+]2Cc1cccc[nH+]1. The normalized spacial score (nSPS) is 11.7. The second-order valence-electron chi connectivity index (χ2n) is 6.93. The van der Waals surface area contributed by atoms with E-state index in [1.165, 1.54) is 29.8 Å². The molecule has 1 aromatic carbocycles. The minimum atomic E-state index is -4.80. The highest BCUT2D eigenvalue weighted by Crippen LogP contribution is 2.24. The number of nitrogens with one attached hydrogen (secondary N) is 3. The summed E-state index contributed by atoms with van der Waals surface area (Å²) in [4.78, 5) is 33.0. The Morgan fingerprint density at radius 1 is 1.13 bits per heavy atom. The van der Waals surface area contributed by atoms with E-state index in [1.807, 2.05) is 18.2 Å². The molecular formula is C20H18F3N5O3+2. The Hall–Kier alpha value is -3.89. The minimum Gasteiger partial charge on any atom is -0.406 e. The molecule has 0 amide bonds. The number of hydrogen-bond donors (Lipinski definition) is 2. The number of benzene rings is 1. The van der Waals surface area contributed by atoms with Gasteiger partial charge in [0.05, 0.1) is 6.42 Å². The molecule has 0 saturated carbocycles. The Bertz CT molecular complexity index is 1360. The molecule has 11 heteroatoms. The Balaban J connectivity index is 1.82. The molecule has 0 bridgehead atoms. The molecule has 0 atom stereocenters. The average molecular weight is 433 g/mol. The molecule has 0 spiro atoms. The van der Waals surface area contributed by atoms with Crippen LogP contribution < -0.4 is 25.5 Å². The Kier molecular flexibility index (Phi) is 5.09. The highest BCUT2D eigenvalue weighted by molar-refractivity contribution is 5.65. The highest BCUT2D eigenvalue weighted by atomic mass is 19.4. The van der Waals surface area contributed by atoms with Crippen molar-refractivity contribution in [2.45, 2.75) is 19.3 Å². The van der Waals surface area contributed by atoms with Gasteiger partial charge in [0.1, 0.15) is 5.75 Å². The third kappa shape index (κ3) is 4.34.